The highest BCUT2D eigenvalue weighted by Gasteiger charge is 2.51. The van der Waals surface area contributed by atoms with E-state index < -0.39 is 23.2 Å². The number of ether oxygens (including phenoxy) is 1. The van der Waals surface area contributed by atoms with Crippen molar-refractivity contribution in [2.75, 3.05) is 6.54 Å². The number of rotatable bonds is 3. The second kappa shape index (κ2) is 5.94. The third-order valence-corrected chi connectivity index (χ3v) is 3.72. The minimum absolute atomic E-state index is 0.232. The van der Waals surface area contributed by atoms with Crippen LogP contribution in [-0.4, -0.2) is 44.7 Å². The monoisotopic (exact) mass is 306 g/mol. The number of carboxylic acids is 1. The highest BCUT2D eigenvalue weighted by molar-refractivity contribution is 5.85. The van der Waals surface area contributed by atoms with Crippen molar-refractivity contribution in [1.29, 1.82) is 0 Å². The number of likely N-dealkylation sites (tertiary alicyclic amines) is 1. The Morgan fingerprint density at radius 1 is 1.45 bits per heavy atom. The molecule has 1 N–H and O–H groups in total. The van der Waals surface area contributed by atoms with E-state index in [1.165, 1.54) is 4.90 Å². The van der Waals surface area contributed by atoms with Crippen LogP contribution in [0.15, 0.2) is 24.5 Å². The van der Waals surface area contributed by atoms with Crippen LogP contribution in [0.4, 0.5) is 4.79 Å². The molecule has 2 rings (SSSR count). The van der Waals surface area contributed by atoms with Gasteiger partial charge in [-0.15, -0.1) is 0 Å². The fourth-order valence-corrected chi connectivity index (χ4v) is 2.78. The van der Waals surface area contributed by atoms with Crippen LogP contribution in [0.2, 0.25) is 0 Å². The summed E-state index contributed by atoms with van der Waals surface area (Å²) in [5.74, 6) is -1.00. The predicted molar refractivity (Wildman–Crippen MR) is 80.5 cm³/mol. The van der Waals surface area contributed by atoms with Gasteiger partial charge in [0, 0.05) is 25.4 Å². The van der Waals surface area contributed by atoms with E-state index in [1.807, 2.05) is 6.07 Å². The smallest absolute Gasteiger partial charge is 0.411 e. The van der Waals surface area contributed by atoms with Gasteiger partial charge in [0.2, 0.25) is 0 Å². The second-order valence-corrected chi connectivity index (χ2v) is 6.61. The molecule has 0 saturated carbocycles. The Labute approximate surface area is 130 Å². The highest BCUT2D eigenvalue weighted by Crippen LogP contribution is 2.34. The zero-order chi connectivity index (χ0) is 16.4. The zero-order valence-corrected chi connectivity index (χ0v) is 13.2. The predicted octanol–water partition coefficient (Wildman–Crippen LogP) is 2.48. The molecule has 0 spiro atoms. The molecule has 1 aliphatic heterocycles. The molecule has 0 aromatic carbocycles. The first-order valence-corrected chi connectivity index (χ1v) is 7.37. The molecule has 1 aromatic rings. The molecule has 22 heavy (non-hydrogen) atoms. The standard InChI is InChI=1S/C16H22N2O4/c1-15(2,3)22-14(21)18-9-5-7-16(18,13(19)20)10-12-6-4-8-17-11-12/h4,6,8,11H,5,7,9-10H2,1-3H3,(H,19,20)/t16-/m1/s1. The number of carbonyl (C=O) groups excluding carboxylic acids is 1. The summed E-state index contributed by atoms with van der Waals surface area (Å²) >= 11 is 0. The number of aromatic nitrogens is 1. The van der Waals surface area contributed by atoms with E-state index in [9.17, 15) is 14.7 Å². The van der Waals surface area contributed by atoms with Crippen LogP contribution in [-0.2, 0) is 16.0 Å². The third-order valence-electron chi connectivity index (χ3n) is 3.72. The largest absolute Gasteiger partial charge is 0.479 e. The quantitative estimate of drug-likeness (QED) is 0.928. The summed E-state index contributed by atoms with van der Waals surface area (Å²) in [5, 5.41) is 9.77. The van der Waals surface area contributed by atoms with Crippen LogP contribution in [0.25, 0.3) is 0 Å². The summed E-state index contributed by atoms with van der Waals surface area (Å²) < 4.78 is 5.37. The number of hydrogen-bond acceptors (Lipinski definition) is 4. The molecule has 2 heterocycles. The Morgan fingerprint density at radius 3 is 2.73 bits per heavy atom. The van der Waals surface area contributed by atoms with Crippen LogP contribution in [0.5, 0.6) is 0 Å². The van der Waals surface area contributed by atoms with Crippen molar-refractivity contribution >= 4 is 12.1 Å². The summed E-state index contributed by atoms with van der Waals surface area (Å²) in [6.07, 6.45) is 3.99. The Morgan fingerprint density at radius 2 is 2.18 bits per heavy atom. The molecule has 1 aromatic heterocycles. The number of hydrogen-bond donors (Lipinski definition) is 1. The molecule has 1 fully saturated rings. The highest BCUT2D eigenvalue weighted by atomic mass is 16.6. The lowest BCUT2D eigenvalue weighted by Crippen LogP contribution is -2.55. The molecule has 1 aliphatic rings. The Bertz CT molecular complexity index is 553. The van der Waals surface area contributed by atoms with Gasteiger partial charge >= 0.3 is 12.1 Å². The van der Waals surface area contributed by atoms with E-state index >= 15 is 0 Å². The maximum Gasteiger partial charge on any atom is 0.411 e. The maximum atomic E-state index is 12.4. The van der Waals surface area contributed by atoms with Crippen molar-refractivity contribution in [1.82, 2.24) is 9.88 Å². The number of amides is 1. The molecule has 6 heteroatoms. The number of pyridine rings is 1. The van der Waals surface area contributed by atoms with Gasteiger partial charge in [0.05, 0.1) is 0 Å². The second-order valence-electron chi connectivity index (χ2n) is 6.61. The van der Waals surface area contributed by atoms with Gasteiger partial charge in [-0.05, 0) is 45.2 Å². The average molecular weight is 306 g/mol. The Balaban J connectivity index is 2.28. The molecule has 0 aliphatic carbocycles. The van der Waals surface area contributed by atoms with Crippen LogP contribution in [0.3, 0.4) is 0 Å². The van der Waals surface area contributed by atoms with Gasteiger partial charge in [0.25, 0.3) is 0 Å². The van der Waals surface area contributed by atoms with Gasteiger partial charge in [0.1, 0.15) is 11.1 Å². The molecule has 0 bridgehead atoms. The molecule has 0 radical (unpaired) electrons. The van der Waals surface area contributed by atoms with Crippen LogP contribution < -0.4 is 0 Å². The normalized spacial score (nSPS) is 21.7. The van der Waals surface area contributed by atoms with Crippen LogP contribution in [0, 0.1) is 0 Å². The average Bonchev–Trinajstić information content (AvgIpc) is 2.83. The fraction of sp³-hybridized carbons (Fsp3) is 0.562. The lowest BCUT2D eigenvalue weighted by molar-refractivity contribution is -0.149. The zero-order valence-electron chi connectivity index (χ0n) is 13.2. The molecule has 6 nitrogen and oxygen atoms in total. The lowest BCUT2D eigenvalue weighted by Gasteiger charge is -2.35. The first-order chi connectivity index (χ1) is 10.2. The number of nitrogens with zero attached hydrogens (tertiary/aromatic N) is 2. The topological polar surface area (TPSA) is 79.7 Å². The van der Waals surface area contributed by atoms with E-state index in [4.69, 9.17) is 4.74 Å². The van der Waals surface area contributed by atoms with Gasteiger partial charge in [-0.1, -0.05) is 6.07 Å². The SMILES string of the molecule is CC(C)(C)OC(=O)N1CCC[C@@]1(Cc1cccnc1)C(=O)O. The summed E-state index contributed by atoms with van der Waals surface area (Å²) in [7, 11) is 0. The molecular weight excluding hydrogens is 284 g/mol. The van der Waals surface area contributed by atoms with E-state index in [2.05, 4.69) is 4.98 Å². The molecule has 1 atom stereocenters. The fourth-order valence-electron chi connectivity index (χ4n) is 2.78. The van der Waals surface area contributed by atoms with Crippen LogP contribution >= 0.6 is 0 Å². The first kappa shape index (κ1) is 16.3. The van der Waals surface area contributed by atoms with Gasteiger partial charge in [-0.2, -0.15) is 0 Å². The van der Waals surface area contributed by atoms with E-state index in [0.717, 1.165) is 5.56 Å². The van der Waals surface area contributed by atoms with E-state index in [1.54, 1.807) is 39.2 Å². The first-order valence-electron chi connectivity index (χ1n) is 7.37. The number of carboxylic acid groups (broad SMARTS) is 1. The summed E-state index contributed by atoms with van der Waals surface area (Å²) in [6.45, 7) is 5.70. The van der Waals surface area contributed by atoms with Gasteiger partial charge in [0.15, 0.2) is 0 Å². The minimum Gasteiger partial charge on any atom is -0.479 e. The van der Waals surface area contributed by atoms with Crippen molar-refractivity contribution in [2.45, 2.75) is 51.2 Å². The summed E-state index contributed by atoms with van der Waals surface area (Å²) in [6, 6.07) is 3.58. The Kier molecular flexibility index (Phi) is 4.39. The molecule has 0 unspecified atom stereocenters. The molecule has 120 valence electrons. The van der Waals surface area contributed by atoms with E-state index in [-0.39, 0.29) is 6.42 Å². The molecular formula is C16H22N2O4. The van der Waals surface area contributed by atoms with Crippen molar-refractivity contribution < 1.29 is 19.4 Å². The van der Waals surface area contributed by atoms with Crippen LogP contribution in [0.1, 0.15) is 39.2 Å². The number of aliphatic carboxylic acids is 1. The van der Waals surface area contributed by atoms with E-state index in [0.29, 0.717) is 19.4 Å². The van der Waals surface area contributed by atoms with Gasteiger partial charge in [-0.25, -0.2) is 9.59 Å². The van der Waals surface area contributed by atoms with Gasteiger partial charge < -0.3 is 9.84 Å². The lowest BCUT2D eigenvalue weighted by atomic mass is 9.89. The van der Waals surface area contributed by atoms with Crippen molar-refractivity contribution in [2.24, 2.45) is 0 Å². The van der Waals surface area contributed by atoms with Crippen molar-refractivity contribution in [3.63, 3.8) is 0 Å². The number of carbonyl (C=O) groups is 2. The van der Waals surface area contributed by atoms with Crippen molar-refractivity contribution in [3.8, 4) is 0 Å². The maximum absolute atomic E-state index is 12.4. The minimum atomic E-state index is -1.26. The van der Waals surface area contributed by atoms with Gasteiger partial charge in [-0.3, -0.25) is 9.88 Å². The Hall–Kier alpha value is -2.11. The molecule has 1 amide bonds. The molecule has 1 saturated heterocycles. The third kappa shape index (κ3) is 3.37. The summed E-state index contributed by atoms with van der Waals surface area (Å²) in [5.41, 5.74) is -1.12. The van der Waals surface area contributed by atoms with Crippen molar-refractivity contribution in [3.05, 3.63) is 30.1 Å². The summed E-state index contributed by atoms with van der Waals surface area (Å²) in [4.78, 5) is 29.7.